The summed E-state index contributed by atoms with van der Waals surface area (Å²) in [5, 5.41) is 4.82. The fourth-order valence-corrected chi connectivity index (χ4v) is 7.45. The highest BCUT2D eigenvalue weighted by Crippen LogP contribution is 2.47. The van der Waals surface area contributed by atoms with Gasteiger partial charge in [-0.05, 0) is 100 Å². The van der Waals surface area contributed by atoms with E-state index in [2.05, 4.69) is 6.07 Å². The predicted octanol–water partition coefficient (Wildman–Crippen LogP) is 12.7. The molecule has 15 heteroatoms. The average Bonchev–Trinajstić information content (AvgIpc) is 3.65. The van der Waals surface area contributed by atoms with Gasteiger partial charge in [-0.3, -0.25) is 4.99 Å². The van der Waals surface area contributed by atoms with E-state index in [9.17, 15) is 43.9 Å². The molecule has 0 amide bonds. The maximum atomic E-state index is 14.4. The summed E-state index contributed by atoms with van der Waals surface area (Å²) >= 11 is 0. The van der Waals surface area contributed by atoms with E-state index >= 15 is 0 Å². The summed E-state index contributed by atoms with van der Waals surface area (Å²) in [7, 11) is -2.63. The van der Waals surface area contributed by atoms with Crippen molar-refractivity contribution in [3.8, 4) is 11.1 Å². The zero-order chi connectivity index (χ0) is 41.9. The summed E-state index contributed by atoms with van der Waals surface area (Å²) in [5.41, 5.74) is 4.40. The van der Waals surface area contributed by atoms with Crippen LogP contribution in [0.3, 0.4) is 0 Å². The molecule has 5 aromatic carbocycles. The Morgan fingerprint density at radius 3 is 1.62 bits per heavy atom. The highest BCUT2D eigenvalue weighted by atomic mass is 19.4. The first-order chi connectivity index (χ1) is 27.2. The lowest BCUT2D eigenvalue weighted by Crippen LogP contribution is -2.48. The van der Waals surface area contributed by atoms with Crippen molar-refractivity contribution in [2.75, 3.05) is 13.2 Å². The SMILES string of the molecule is CC1=CC(C)=N/C1=C(/c1c2ccccc2c(-c2ccc3ccccc3c2)c2ccccc12)c1c(C)cc(C)n1B(OCC(F)(F)C(F)(F)F)OCC(F)(F)C(F)(F)F. The summed E-state index contributed by atoms with van der Waals surface area (Å²) in [6, 6.07) is 30.2. The van der Waals surface area contributed by atoms with Crippen molar-refractivity contribution in [1.82, 2.24) is 4.48 Å². The zero-order valence-corrected chi connectivity index (χ0v) is 31.3. The van der Waals surface area contributed by atoms with Gasteiger partial charge in [0, 0.05) is 28.2 Å². The van der Waals surface area contributed by atoms with E-state index in [4.69, 9.17) is 14.3 Å². The third-order valence-electron chi connectivity index (χ3n) is 10.1. The van der Waals surface area contributed by atoms with Crippen LogP contribution in [0.25, 0.3) is 49.0 Å². The molecular weight excluding hydrogens is 777 g/mol. The molecule has 1 aliphatic heterocycles. The topological polar surface area (TPSA) is 35.8 Å². The number of benzene rings is 5. The maximum Gasteiger partial charge on any atom is 0.598 e. The Hall–Kier alpha value is -5.41. The van der Waals surface area contributed by atoms with E-state index in [-0.39, 0.29) is 17.0 Å². The Balaban J connectivity index is 1.54. The minimum absolute atomic E-state index is 0.0168. The number of allylic oxidation sites excluding steroid dienone is 2. The Kier molecular flexibility index (Phi) is 10.4. The first-order valence-electron chi connectivity index (χ1n) is 17.9. The lowest BCUT2D eigenvalue weighted by Gasteiger charge is -2.28. The summed E-state index contributed by atoms with van der Waals surface area (Å²) in [6.07, 6.45) is -10.5. The van der Waals surface area contributed by atoms with Crippen molar-refractivity contribution in [3.63, 3.8) is 0 Å². The minimum atomic E-state index is -6.15. The van der Waals surface area contributed by atoms with Crippen molar-refractivity contribution in [1.29, 1.82) is 0 Å². The van der Waals surface area contributed by atoms with E-state index in [1.807, 2.05) is 72.8 Å². The third-order valence-corrected chi connectivity index (χ3v) is 10.1. The quantitative estimate of drug-likeness (QED) is 0.0785. The number of aromatic nitrogens is 1. The van der Waals surface area contributed by atoms with Crippen LogP contribution in [0.5, 0.6) is 0 Å². The normalized spacial score (nSPS) is 15.1. The number of halogens is 10. The van der Waals surface area contributed by atoms with Crippen LogP contribution in [0.15, 0.2) is 119 Å². The second-order valence-electron chi connectivity index (χ2n) is 14.2. The van der Waals surface area contributed by atoms with Gasteiger partial charge in [0.1, 0.15) is 13.2 Å². The summed E-state index contributed by atoms with van der Waals surface area (Å²) in [5.74, 6) is -11.1. The Bertz CT molecular complexity index is 2590. The first kappa shape index (κ1) is 40.8. The molecule has 0 bridgehead atoms. The van der Waals surface area contributed by atoms with Crippen molar-refractivity contribution in [3.05, 3.63) is 137 Å². The molecule has 0 radical (unpaired) electrons. The average molecular weight is 811 g/mol. The molecule has 58 heavy (non-hydrogen) atoms. The van der Waals surface area contributed by atoms with Crippen LogP contribution in [0.2, 0.25) is 0 Å². The summed E-state index contributed by atoms with van der Waals surface area (Å²) in [6.45, 7) is 1.50. The fraction of sp³-hybridized carbons (Fsp3) is 0.233. The number of aryl methyl sites for hydroxylation is 2. The zero-order valence-electron chi connectivity index (χ0n) is 31.3. The highest BCUT2D eigenvalue weighted by Gasteiger charge is 2.60. The van der Waals surface area contributed by atoms with E-state index in [0.717, 1.165) is 37.1 Å². The van der Waals surface area contributed by atoms with Crippen molar-refractivity contribution in [2.45, 2.75) is 51.9 Å². The standard InChI is InChI=1S/C43H33BF10N2O2/c1-24-19-26(3)55-38(24)37(39-25(2)20-27(4)56(39)44(57-22-40(45,46)42(49,50)51)58-23-41(47,48)43(52,53)54)36-33-15-9-7-13-31(33)35(32-14-8-10-16-34(32)36)30-18-17-28-11-5-6-12-29(28)21-30/h5-21H,22-23H2,1-4H3/b38-37-. The number of nitrogens with zero attached hydrogens (tertiary/aromatic N) is 2. The molecule has 0 unspecified atom stereocenters. The molecule has 1 aliphatic rings. The van der Waals surface area contributed by atoms with Crippen LogP contribution in [0, 0.1) is 13.8 Å². The molecule has 1 aromatic heterocycles. The van der Waals surface area contributed by atoms with E-state index in [1.165, 1.54) is 13.0 Å². The molecule has 6 aromatic rings. The summed E-state index contributed by atoms with van der Waals surface area (Å²) in [4.78, 5) is 4.81. The molecule has 0 atom stereocenters. The first-order valence-corrected chi connectivity index (χ1v) is 17.9. The van der Waals surface area contributed by atoms with Crippen LogP contribution in [0.1, 0.15) is 36.4 Å². The Labute approximate surface area is 326 Å². The second kappa shape index (κ2) is 14.8. The number of alkyl halides is 10. The molecule has 0 aliphatic carbocycles. The van der Waals surface area contributed by atoms with Gasteiger partial charge in [-0.1, -0.05) is 84.9 Å². The van der Waals surface area contributed by atoms with Gasteiger partial charge in [-0.25, -0.2) is 0 Å². The molecule has 0 saturated carbocycles. The van der Waals surface area contributed by atoms with Gasteiger partial charge in [0.25, 0.3) is 0 Å². The molecule has 4 nitrogen and oxygen atoms in total. The number of hydrogen-bond donors (Lipinski definition) is 0. The largest absolute Gasteiger partial charge is 0.598 e. The predicted molar refractivity (Wildman–Crippen MR) is 206 cm³/mol. The molecule has 7 rings (SSSR count). The molecule has 0 saturated heterocycles. The molecule has 0 spiro atoms. The molecule has 0 N–H and O–H groups in total. The van der Waals surface area contributed by atoms with Crippen molar-refractivity contribution < 1.29 is 53.2 Å². The monoisotopic (exact) mass is 810 g/mol. The second-order valence-corrected chi connectivity index (χ2v) is 14.2. The van der Waals surface area contributed by atoms with Gasteiger partial charge >= 0.3 is 31.5 Å². The minimum Gasteiger partial charge on any atom is -0.385 e. The highest BCUT2D eigenvalue weighted by molar-refractivity contribution is 6.43. The number of rotatable bonds is 10. The maximum absolute atomic E-state index is 14.4. The number of hydrogen-bond acceptors (Lipinski definition) is 3. The van der Waals surface area contributed by atoms with Gasteiger partial charge in [-0.2, -0.15) is 43.9 Å². The lowest BCUT2D eigenvalue weighted by molar-refractivity contribution is -0.295. The fourth-order valence-electron chi connectivity index (χ4n) is 7.45. The van der Waals surface area contributed by atoms with Gasteiger partial charge in [-0.15, -0.1) is 0 Å². The third kappa shape index (κ3) is 7.30. The Morgan fingerprint density at radius 2 is 1.12 bits per heavy atom. The molecule has 300 valence electrons. The van der Waals surface area contributed by atoms with Gasteiger partial charge in [0.05, 0.1) is 5.70 Å². The van der Waals surface area contributed by atoms with Crippen LogP contribution >= 0.6 is 0 Å². The number of fused-ring (bicyclic) bond motifs is 3. The van der Waals surface area contributed by atoms with Crippen molar-refractivity contribution in [2.24, 2.45) is 4.99 Å². The molecule has 2 heterocycles. The van der Waals surface area contributed by atoms with Crippen LogP contribution in [-0.4, -0.2) is 54.9 Å². The number of aliphatic imine (C=N–C) groups is 1. The van der Waals surface area contributed by atoms with E-state index in [1.54, 1.807) is 39.0 Å². The van der Waals surface area contributed by atoms with Crippen LogP contribution in [0.4, 0.5) is 43.9 Å². The van der Waals surface area contributed by atoms with E-state index < -0.39 is 44.7 Å². The smallest absolute Gasteiger partial charge is 0.385 e. The summed E-state index contributed by atoms with van der Waals surface area (Å²) < 4.78 is 149. The van der Waals surface area contributed by atoms with Crippen molar-refractivity contribution >= 4 is 50.9 Å². The van der Waals surface area contributed by atoms with Gasteiger partial charge in [0.2, 0.25) is 0 Å². The Morgan fingerprint density at radius 1 is 0.621 bits per heavy atom. The molecule has 0 fully saturated rings. The van der Waals surface area contributed by atoms with Crippen LogP contribution in [-0.2, 0) is 9.31 Å². The van der Waals surface area contributed by atoms with Crippen LogP contribution < -0.4 is 0 Å². The van der Waals surface area contributed by atoms with Gasteiger partial charge in [0.15, 0.2) is 0 Å². The molecular formula is C43H33BF10N2O2. The van der Waals surface area contributed by atoms with E-state index in [0.29, 0.717) is 38.9 Å². The lowest BCUT2D eigenvalue weighted by atomic mass is 9.83. The van der Waals surface area contributed by atoms with Gasteiger partial charge < -0.3 is 13.8 Å².